The maximum Gasteiger partial charge on any atom is 0.337 e. The molecule has 0 fully saturated rings. The van der Waals surface area contributed by atoms with Crippen LogP contribution in [-0.2, 0) is 11.2 Å². The van der Waals surface area contributed by atoms with Crippen LogP contribution in [0.1, 0.15) is 27.4 Å². The quantitative estimate of drug-likeness (QED) is 0.906. The van der Waals surface area contributed by atoms with Crippen LogP contribution in [0, 0.1) is 13.8 Å². The second-order valence-corrected chi connectivity index (χ2v) is 4.93. The Morgan fingerprint density at radius 3 is 2.62 bits per heavy atom. The lowest BCUT2D eigenvalue weighted by Gasteiger charge is -2.07. The van der Waals surface area contributed by atoms with Crippen molar-refractivity contribution in [2.45, 2.75) is 20.3 Å². The van der Waals surface area contributed by atoms with Crippen LogP contribution in [0.25, 0.3) is 0 Å². The Hall–Kier alpha value is -2.34. The Morgan fingerprint density at radius 1 is 1.38 bits per heavy atom. The number of hydrogen-bond acceptors (Lipinski definition) is 4. The summed E-state index contributed by atoms with van der Waals surface area (Å²) in [5, 5.41) is 15.4. The smallest absolute Gasteiger partial charge is 0.337 e. The van der Waals surface area contributed by atoms with E-state index in [1.807, 2.05) is 0 Å². The van der Waals surface area contributed by atoms with Gasteiger partial charge < -0.3 is 14.9 Å². The third kappa shape index (κ3) is 3.41. The summed E-state index contributed by atoms with van der Waals surface area (Å²) < 4.78 is 4.99. The predicted molar refractivity (Wildman–Crippen MR) is 76.7 cm³/mol. The molecule has 21 heavy (non-hydrogen) atoms. The van der Waals surface area contributed by atoms with Crippen LogP contribution in [0.4, 0.5) is 5.69 Å². The fourth-order valence-corrected chi connectivity index (χ4v) is 2.15. The van der Waals surface area contributed by atoms with Crippen LogP contribution >= 0.6 is 11.6 Å². The summed E-state index contributed by atoms with van der Waals surface area (Å²) in [5.74, 6) is -0.779. The first-order valence-electron chi connectivity index (χ1n) is 6.13. The van der Waals surface area contributed by atoms with E-state index in [1.165, 1.54) is 18.2 Å². The minimum Gasteiger partial charge on any atom is -0.478 e. The first-order valence-corrected chi connectivity index (χ1v) is 6.50. The molecule has 7 heteroatoms. The second kappa shape index (κ2) is 5.97. The minimum atomic E-state index is -1.12. The first kappa shape index (κ1) is 15.1. The number of aromatic carboxylic acids is 1. The molecule has 0 radical (unpaired) electrons. The van der Waals surface area contributed by atoms with Crippen molar-refractivity contribution in [2.24, 2.45) is 0 Å². The summed E-state index contributed by atoms with van der Waals surface area (Å²) in [7, 11) is 0. The molecule has 2 aromatic rings. The molecule has 1 heterocycles. The number of aromatic nitrogens is 1. The highest BCUT2D eigenvalue weighted by Crippen LogP contribution is 2.21. The second-order valence-electron chi connectivity index (χ2n) is 4.53. The number of rotatable bonds is 4. The number of halogens is 1. The molecule has 2 rings (SSSR count). The topological polar surface area (TPSA) is 92.4 Å². The van der Waals surface area contributed by atoms with Gasteiger partial charge in [-0.05, 0) is 32.0 Å². The van der Waals surface area contributed by atoms with Crippen molar-refractivity contribution in [1.82, 2.24) is 5.16 Å². The number of nitrogens with zero attached hydrogens (tertiary/aromatic N) is 1. The van der Waals surface area contributed by atoms with E-state index in [1.54, 1.807) is 13.8 Å². The number of aryl methyl sites for hydroxylation is 2. The molecule has 6 nitrogen and oxygen atoms in total. The fourth-order valence-electron chi connectivity index (χ4n) is 1.89. The van der Waals surface area contributed by atoms with E-state index in [9.17, 15) is 9.59 Å². The van der Waals surface area contributed by atoms with E-state index in [-0.39, 0.29) is 22.9 Å². The van der Waals surface area contributed by atoms with Crippen LogP contribution in [0.2, 0.25) is 5.02 Å². The van der Waals surface area contributed by atoms with Crippen molar-refractivity contribution >= 4 is 29.2 Å². The van der Waals surface area contributed by atoms with E-state index < -0.39 is 5.97 Å². The zero-order valence-corrected chi connectivity index (χ0v) is 12.2. The molecule has 0 spiro atoms. The van der Waals surface area contributed by atoms with Crippen molar-refractivity contribution in [3.8, 4) is 0 Å². The highest BCUT2D eigenvalue weighted by molar-refractivity contribution is 6.33. The van der Waals surface area contributed by atoms with Crippen LogP contribution < -0.4 is 5.32 Å². The maximum absolute atomic E-state index is 12.0. The van der Waals surface area contributed by atoms with Crippen LogP contribution in [0.5, 0.6) is 0 Å². The lowest BCUT2D eigenvalue weighted by Crippen LogP contribution is -2.15. The fraction of sp³-hybridized carbons (Fsp3) is 0.214. The number of hydrogen-bond donors (Lipinski definition) is 2. The normalized spacial score (nSPS) is 10.4. The molecular weight excluding hydrogens is 296 g/mol. The SMILES string of the molecule is Cc1noc(C)c1CC(=O)Nc1ccc(C(=O)O)c(Cl)c1. The number of anilines is 1. The Kier molecular flexibility index (Phi) is 4.28. The number of nitrogens with one attached hydrogen (secondary N) is 1. The number of carbonyl (C=O) groups is 2. The molecule has 110 valence electrons. The average molecular weight is 309 g/mol. The van der Waals surface area contributed by atoms with Gasteiger partial charge in [-0.25, -0.2) is 4.79 Å². The number of carbonyl (C=O) groups excluding carboxylic acids is 1. The van der Waals surface area contributed by atoms with Gasteiger partial charge in [0.05, 0.1) is 22.7 Å². The number of amides is 1. The number of carboxylic acids is 1. The monoisotopic (exact) mass is 308 g/mol. The zero-order valence-electron chi connectivity index (χ0n) is 11.4. The summed E-state index contributed by atoms with van der Waals surface area (Å²) >= 11 is 5.84. The van der Waals surface area contributed by atoms with E-state index in [2.05, 4.69) is 10.5 Å². The molecule has 1 amide bonds. The van der Waals surface area contributed by atoms with Crippen LogP contribution in [0.15, 0.2) is 22.7 Å². The minimum absolute atomic E-state index is 0.0135. The lowest BCUT2D eigenvalue weighted by molar-refractivity contribution is -0.115. The largest absolute Gasteiger partial charge is 0.478 e. The van der Waals surface area contributed by atoms with Gasteiger partial charge in [-0.1, -0.05) is 16.8 Å². The molecule has 0 saturated carbocycles. The molecule has 2 N–H and O–H groups in total. The van der Waals surface area contributed by atoms with Gasteiger partial charge >= 0.3 is 5.97 Å². The Bertz CT molecular complexity index is 689. The zero-order chi connectivity index (χ0) is 15.6. The van der Waals surface area contributed by atoms with Gasteiger partial charge in [0.2, 0.25) is 5.91 Å². The highest BCUT2D eigenvalue weighted by Gasteiger charge is 2.14. The molecule has 0 unspecified atom stereocenters. The van der Waals surface area contributed by atoms with E-state index in [0.29, 0.717) is 17.1 Å². The lowest BCUT2D eigenvalue weighted by atomic mass is 10.1. The number of carboxylic acid groups (broad SMARTS) is 1. The van der Waals surface area contributed by atoms with E-state index >= 15 is 0 Å². The van der Waals surface area contributed by atoms with E-state index in [0.717, 1.165) is 5.56 Å². The predicted octanol–water partition coefficient (Wildman–Crippen LogP) is 2.82. The molecule has 0 atom stereocenters. The van der Waals surface area contributed by atoms with Gasteiger partial charge in [0.15, 0.2) is 0 Å². The standard InChI is InChI=1S/C14H13ClN2O4/c1-7-11(8(2)21-17-7)6-13(18)16-9-3-4-10(14(19)20)12(15)5-9/h3-5H,6H2,1-2H3,(H,16,18)(H,19,20). The summed E-state index contributed by atoms with van der Waals surface area (Å²) in [6.07, 6.45) is 0.124. The maximum atomic E-state index is 12.0. The third-order valence-electron chi connectivity index (χ3n) is 3.00. The van der Waals surface area contributed by atoms with Gasteiger partial charge in [0.25, 0.3) is 0 Å². The molecule has 0 saturated heterocycles. The summed E-state index contributed by atoms with van der Waals surface area (Å²) in [4.78, 5) is 22.8. The van der Waals surface area contributed by atoms with Gasteiger partial charge in [-0.3, -0.25) is 4.79 Å². The molecule has 0 aliphatic heterocycles. The molecule has 0 aliphatic carbocycles. The van der Waals surface area contributed by atoms with Gasteiger partial charge in [0, 0.05) is 11.3 Å². The van der Waals surface area contributed by atoms with Crippen molar-refractivity contribution in [1.29, 1.82) is 0 Å². The highest BCUT2D eigenvalue weighted by atomic mass is 35.5. The van der Waals surface area contributed by atoms with Gasteiger partial charge in [-0.2, -0.15) is 0 Å². The molecule has 1 aromatic carbocycles. The van der Waals surface area contributed by atoms with Crippen molar-refractivity contribution in [3.63, 3.8) is 0 Å². The van der Waals surface area contributed by atoms with Gasteiger partial charge in [-0.15, -0.1) is 0 Å². The van der Waals surface area contributed by atoms with Crippen molar-refractivity contribution < 1.29 is 19.2 Å². The van der Waals surface area contributed by atoms with Crippen LogP contribution in [0.3, 0.4) is 0 Å². The van der Waals surface area contributed by atoms with Crippen molar-refractivity contribution in [3.05, 3.63) is 45.8 Å². The Labute approximate surface area is 125 Å². The third-order valence-corrected chi connectivity index (χ3v) is 3.31. The van der Waals surface area contributed by atoms with E-state index in [4.69, 9.17) is 21.2 Å². The number of benzene rings is 1. The summed E-state index contributed by atoms with van der Waals surface area (Å²) in [6, 6.07) is 4.23. The summed E-state index contributed by atoms with van der Waals surface area (Å²) in [6.45, 7) is 3.50. The average Bonchev–Trinajstić information content (AvgIpc) is 2.70. The van der Waals surface area contributed by atoms with Crippen LogP contribution in [-0.4, -0.2) is 22.1 Å². The van der Waals surface area contributed by atoms with Crippen molar-refractivity contribution in [2.75, 3.05) is 5.32 Å². The molecule has 1 aromatic heterocycles. The Morgan fingerprint density at radius 2 is 2.10 bits per heavy atom. The molecule has 0 bridgehead atoms. The molecular formula is C14H13ClN2O4. The summed E-state index contributed by atoms with van der Waals surface area (Å²) in [5.41, 5.74) is 1.82. The first-order chi connectivity index (χ1) is 9.88. The molecule has 0 aliphatic rings. The van der Waals surface area contributed by atoms with Gasteiger partial charge in [0.1, 0.15) is 5.76 Å². The Balaban J connectivity index is 2.10.